The van der Waals surface area contributed by atoms with Crippen LogP contribution >= 0.6 is 0 Å². The Balaban J connectivity index is 2.38. The SMILES string of the molecule is CCC[C@@H]1OS1(=O)=O. The number of rotatable bonds is 2. The highest BCUT2D eigenvalue weighted by molar-refractivity contribution is 7.92. The molecule has 0 aromatic rings. The lowest BCUT2D eigenvalue weighted by molar-refractivity contribution is 0.426. The Labute approximate surface area is 48.8 Å². The topological polar surface area (TPSA) is 46.7 Å². The summed E-state index contributed by atoms with van der Waals surface area (Å²) in [5, 5.41) is 0. The Morgan fingerprint density at radius 3 is 2.25 bits per heavy atom. The van der Waals surface area contributed by atoms with E-state index < -0.39 is 15.6 Å². The van der Waals surface area contributed by atoms with Crippen molar-refractivity contribution in [2.75, 3.05) is 0 Å². The molecule has 48 valence electrons. The molecule has 0 unspecified atom stereocenters. The summed E-state index contributed by atoms with van der Waals surface area (Å²) in [6, 6.07) is 0. The molecular formula is C4H8O3S. The molecular weight excluding hydrogens is 128 g/mol. The van der Waals surface area contributed by atoms with Crippen LogP contribution in [-0.2, 0) is 14.3 Å². The van der Waals surface area contributed by atoms with Gasteiger partial charge in [-0.1, -0.05) is 13.3 Å². The molecule has 0 radical (unpaired) electrons. The van der Waals surface area contributed by atoms with Gasteiger partial charge in [-0.2, -0.15) is 8.42 Å². The molecule has 0 bridgehead atoms. The first-order valence-corrected chi connectivity index (χ1v) is 4.06. The minimum absolute atomic E-state index is 0.465. The van der Waals surface area contributed by atoms with E-state index in [1.807, 2.05) is 6.92 Å². The monoisotopic (exact) mass is 136 g/mol. The maximum absolute atomic E-state index is 10.2. The van der Waals surface area contributed by atoms with Crippen molar-refractivity contribution in [3.8, 4) is 0 Å². The minimum Gasteiger partial charge on any atom is -0.246 e. The maximum Gasteiger partial charge on any atom is 0.297 e. The molecule has 0 spiro atoms. The summed E-state index contributed by atoms with van der Waals surface area (Å²) >= 11 is 0. The standard InChI is InChI=1S/C4H8O3S/c1-2-3-4-7-8(4,5)6/h4H,2-3H2,1H3/t4-/m1/s1. The van der Waals surface area contributed by atoms with Crippen molar-refractivity contribution in [3.05, 3.63) is 0 Å². The molecule has 0 saturated carbocycles. The quantitative estimate of drug-likeness (QED) is 0.518. The molecule has 0 aromatic heterocycles. The van der Waals surface area contributed by atoms with Crippen molar-refractivity contribution in [2.45, 2.75) is 25.2 Å². The van der Waals surface area contributed by atoms with Gasteiger partial charge >= 0.3 is 0 Å². The Morgan fingerprint density at radius 1 is 1.62 bits per heavy atom. The molecule has 0 amide bonds. The number of hydrogen-bond donors (Lipinski definition) is 0. The highest BCUT2D eigenvalue weighted by Crippen LogP contribution is 2.27. The van der Waals surface area contributed by atoms with Crippen molar-refractivity contribution in [1.29, 1.82) is 0 Å². The fraction of sp³-hybridized carbons (Fsp3) is 1.00. The Kier molecular flexibility index (Phi) is 1.28. The molecule has 4 heteroatoms. The van der Waals surface area contributed by atoms with Crippen molar-refractivity contribution in [2.24, 2.45) is 0 Å². The van der Waals surface area contributed by atoms with E-state index in [4.69, 9.17) is 0 Å². The second-order valence-electron chi connectivity index (χ2n) is 1.81. The van der Waals surface area contributed by atoms with E-state index >= 15 is 0 Å². The zero-order valence-electron chi connectivity index (χ0n) is 4.62. The molecule has 3 nitrogen and oxygen atoms in total. The summed E-state index contributed by atoms with van der Waals surface area (Å²) in [6.45, 7) is 1.93. The van der Waals surface area contributed by atoms with Gasteiger partial charge < -0.3 is 0 Å². The lowest BCUT2D eigenvalue weighted by Crippen LogP contribution is -1.84. The Morgan fingerprint density at radius 2 is 2.12 bits per heavy atom. The van der Waals surface area contributed by atoms with Gasteiger partial charge in [0.2, 0.25) is 5.44 Å². The largest absolute Gasteiger partial charge is 0.297 e. The molecule has 1 aliphatic rings. The third-order valence-electron chi connectivity index (χ3n) is 1.05. The van der Waals surface area contributed by atoms with E-state index in [9.17, 15) is 8.42 Å². The van der Waals surface area contributed by atoms with E-state index in [2.05, 4.69) is 4.18 Å². The van der Waals surface area contributed by atoms with Crippen LogP contribution in [0.5, 0.6) is 0 Å². The van der Waals surface area contributed by atoms with Gasteiger partial charge in [0.15, 0.2) is 0 Å². The first-order valence-electron chi connectivity index (χ1n) is 2.59. The summed E-state index contributed by atoms with van der Waals surface area (Å²) in [5.74, 6) is 0. The molecule has 1 atom stereocenters. The van der Waals surface area contributed by atoms with Crippen molar-refractivity contribution < 1.29 is 12.6 Å². The van der Waals surface area contributed by atoms with Crippen molar-refractivity contribution in [3.63, 3.8) is 0 Å². The van der Waals surface area contributed by atoms with Gasteiger partial charge in [-0.3, -0.25) is 0 Å². The van der Waals surface area contributed by atoms with Crippen LogP contribution in [0, 0.1) is 0 Å². The van der Waals surface area contributed by atoms with Crippen molar-refractivity contribution in [1.82, 2.24) is 0 Å². The van der Waals surface area contributed by atoms with Crippen LogP contribution in [0.25, 0.3) is 0 Å². The fourth-order valence-electron chi connectivity index (χ4n) is 0.555. The summed E-state index contributed by atoms with van der Waals surface area (Å²) in [5.41, 5.74) is -0.465. The second-order valence-corrected chi connectivity index (χ2v) is 3.51. The summed E-state index contributed by atoms with van der Waals surface area (Å²) in [6.07, 6.45) is 1.51. The molecule has 0 aliphatic carbocycles. The van der Waals surface area contributed by atoms with E-state index in [0.29, 0.717) is 6.42 Å². The molecule has 0 N–H and O–H groups in total. The molecule has 1 fully saturated rings. The zero-order valence-corrected chi connectivity index (χ0v) is 5.44. The van der Waals surface area contributed by atoms with Crippen LogP contribution in [0.4, 0.5) is 0 Å². The predicted molar refractivity (Wildman–Crippen MR) is 28.7 cm³/mol. The van der Waals surface area contributed by atoms with Crippen molar-refractivity contribution >= 4 is 10.1 Å². The summed E-state index contributed by atoms with van der Waals surface area (Å²) in [7, 11) is -3.02. The highest BCUT2D eigenvalue weighted by atomic mass is 32.2. The number of hydrogen-bond acceptors (Lipinski definition) is 3. The van der Waals surface area contributed by atoms with E-state index in [1.165, 1.54) is 0 Å². The lowest BCUT2D eigenvalue weighted by Gasteiger charge is -1.76. The van der Waals surface area contributed by atoms with Gasteiger partial charge in [0.1, 0.15) is 0 Å². The van der Waals surface area contributed by atoms with Crippen LogP contribution in [0.1, 0.15) is 19.8 Å². The fourth-order valence-corrected chi connectivity index (χ4v) is 1.62. The minimum atomic E-state index is -3.02. The van der Waals surface area contributed by atoms with Gasteiger partial charge in [0.25, 0.3) is 10.1 Å². The van der Waals surface area contributed by atoms with Gasteiger partial charge in [-0.05, 0) is 6.42 Å². The van der Waals surface area contributed by atoms with E-state index in [1.54, 1.807) is 0 Å². The van der Waals surface area contributed by atoms with Crippen LogP contribution in [0.15, 0.2) is 0 Å². The average molecular weight is 136 g/mol. The van der Waals surface area contributed by atoms with Gasteiger partial charge in [-0.15, -0.1) is 0 Å². The van der Waals surface area contributed by atoms with Crippen LogP contribution in [0.3, 0.4) is 0 Å². The molecule has 1 aliphatic heterocycles. The molecule has 1 rings (SSSR count). The van der Waals surface area contributed by atoms with Gasteiger partial charge in [0, 0.05) is 0 Å². The summed E-state index contributed by atoms with van der Waals surface area (Å²) in [4.78, 5) is 0. The Hall–Kier alpha value is -0.0900. The zero-order chi connectivity index (χ0) is 6.20. The third-order valence-corrected chi connectivity index (χ3v) is 2.34. The Bertz CT molecular complexity index is 170. The maximum atomic E-state index is 10.2. The molecule has 1 heterocycles. The first kappa shape index (κ1) is 6.04. The molecule has 1 saturated heterocycles. The summed E-state index contributed by atoms with van der Waals surface area (Å²) < 4.78 is 24.8. The van der Waals surface area contributed by atoms with Gasteiger partial charge in [-0.25, -0.2) is 4.18 Å². The van der Waals surface area contributed by atoms with Crippen LogP contribution < -0.4 is 0 Å². The normalized spacial score (nSPS) is 32.4. The van der Waals surface area contributed by atoms with Gasteiger partial charge in [0.05, 0.1) is 0 Å². The third kappa shape index (κ3) is 1.00. The van der Waals surface area contributed by atoms with Crippen LogP contribution in [0.2, 0.25) is 0 Å². The highest BCUT2D eigenvalue weighted by Gasteiger charge is 2.44. The van der Waals surface area contributed by atoms with Crippen LogP contribution in [-0.4, -0.2) is 13.9 Å². The lowest BCUT2D eigenvalue weighted by atomic mass is 10.4. The average Bonchev–Trinajstić information content (AvgIpc) is 2.15. The van der Waals surface area contributed by atoms with E-state index in [-0.39, 0.29) is 0 Å². The predicted octanol–water partition coefficient (Wildman–Crippen LogP) is 0.473. The first-order chi connectivity index (χ1) is 3.67. The second kappa shape index (κ2) is 1.70. The smallest absolute Gasteiger partial charge is 0.246 e. The molecule has 0 aromatic carbocycles. The van der Waals surface area contributed by atoms with E-state index in [0.717, 1.165) is 6.42 Å². The molecule has 8 heavy (non-hydrogen) atoms.